The van der Waals surface area contributed by atoms with Crippen LogP contribution in [0.15, 0.2) is 53.8 Å². The van der Waals surface area contributed by atoms with Gasteiger partial charge in [0.2, 0.25) is 5.60 Å². The second-order valence-electron chi connectivity index (χ2n) is 7.01. The van der Waals surface area contributed by atoms with Gasteiger partial charge in [-0.2, -0.15) is 13.2 Å². The highest BCUT2D eigenvalue weighted by molar-refractivity contribution is 6.03. The molecule has 3 rings (SSSR count). The Morgan fingerprint density at radius 1 is 1.17 bits per heavy atom. The Morgan fingerprint density at radius 3 is 2.34 bits per heavy atom. The summed E-state index contributed by atoms with van der Waals surface area (Å²) < 4.78 is 47.5. The Labute approximate surface area is 166 Å². The molecule has 1 heterocycles. The van der Waals surface area contributed by atoms with Gasteiger partial charge >= 0.3 is 12.1 Å². The van der Waals surface area contributed by atoms with Crippen LogP contribution in [0.2, 0.25) is 0 Å². The lowest BCUT2D eigenvalue weighted by atomic mass is 9.71. The van der Waals surface area contributed by atoms with E-state index in [2.05, 4.69) is 0 Å². The lowest BCUT2D eigenvalue weighted by molar-refractivity contribution is -0.256. The maximum absolute atomic E-state index is 14.3. The van der Waals surface area contributed by atoms with E-state index in [0.717, 1.165) is 18.9 Å². The molecule has 1 N–H and O–H groups in total. The standard InChI is InChI=1S/C21H22F3NO4/c1-2-29-19(27)15-10-11-16(25-12-6-7-13-25)17(20(15,28)21(22,23)24)18(26)14-8-4-3-5-9-14/h3-5,8-11,17,28H,2,6-7,12-13H2,1H3/t17-,20-/m0/s1. The lowest BCUT2D eigenvalue weighted by Gasteiger charge is -2.43. The van der Waals surface area contributed by atoms with Gasteiger partial charge in [-0.15, -0.1) is 0 Å². The van der Waals surface area contributed by atoms with E-state index < -0.39 is 35.0 Å². The van der Waals surface area contributed by atoms with Crippen LogP contribution in [0.4, 0.5) is 13.2 Å². The molecule has 0 spiro atoms. The SMILES string of the molecule is CCOC(=O)C1=CC=C(N2CCCC2)[C@@H](C(=O)c2ccccc2)[C@]1(O)C(F)(F)F. The molecule has 0 bridgehead atoms. The van der Waals surface area contributed by atoms with Crippen LogP contribution in [0.5, 0.6) is 0 Å². The fourth-order valence-electron chi connectivity index (χ4n) is 3.87. The number of benzene rings is 1. The van der Waals surface area contributed by atoms with Crippen molar-refractivity contribution in [1.82, 2.24) is 4.90 Å². The van der Waals surface area contributed by atoms with E-state index >= 15 is 0 Å². The minimum absolute atomic E-state index is 0.0235. The third-order valence-electron chi connectivity index (χ3n) is 5.26. The number of nitrogens with zero attached hydrogens (tertiary/aromatic N) is 1. The molecule has 29 heavy (non-hydrogen) atoms. The van der Waals surface area contributed by atoms with Crippen LogP contribution in [-0.4, -0.2) is 53.2 Å². The maximum atomic E-state index is 14.3. The molecule has 0 radical (unpaired) electrons. The summed E-state index contributed by atoms with van der Waals surface area (Å²) in [5, 5.41) is 11.0. The van der Waals surface area contributed by atoms with Crippen molar-refractivity contribution in [1.29, 1.82) is 0 Å². The number of carbonyl (C=O) groups is 2. The third kappa shape index (κ3) is 3.69. The van der Waals surface area contributed by atoms with Gasteiger partial charge < -0.3 is 14.7 Å². The van der Waals surface area contributed by atoms with Crippen LogP contribution in [0, 0.1) is 5.92 Å². The number of Topliss-reactive ketones (excluding diaryl/α,β-unsaturated/α-hetero) is 1. The van der Waals surface area contributed by atoms with Gasteiger partial charge in [0.25, 0.3) is 0 Å². The summed E-state index contributed by atoms with van der Waals surface area (Å²) in [7, 11) is 0. The molecule has 2 atom stereocenters. The summed E-state index contributed by atoms with van der Waals surface area (Å²) >= 11 is 0. The molecule has 0 amide bonds. The summed E-state index contributed by atoms with van der Waals surface area (Å²) in [4.78, 5) is 27.2. The van der Waals surface area contributed by atoms with Crippen LogP contribution >= 0.6 is 0 Å². The molecular formula is C21H22F3NO4. The number of ketones is 1. The van der Waals surface area contributed by atoms with Crippen LogP contribution < -0.4 is 0 Å². The van der Waals surface area contributed by atoms with E-state index in [-0.39, 0.29) is 17.9 Å². The Hall–Kier alpha value is -2.61. The number of alkyl halides is 3. The number of aliphatic hydroxyl groups is 1. The lowest BCUT2D eigenvalue weighted by Crippen LogP contribution is -2.60. The van der Waals surface area contributed by atoms with Crippen molar-refractivity contribution in [2.45, 2.75) is 31.5 Å². The summed E-state index contributed by atoms with van der Waals surface area (Å²) in [5.41, 5.74) is -4.59. The third-order valence-corrected chi connectivity index (χ3v) is 5.26. The molecule has 2 aliphatic rings. The zero-order valence-electron chi connectivity index (χ0n) is 15.9. The monoisotopic (exact) mass is 409 g/mol. The second-order valence-corrected chi connectivity index (χ2v) is 7.01. The van der Waals surface area contributed by atoms with Crippen molar-refractivity contribution in [2.75, 3.05) is 19.7 Å². The van der Waals surface area contributed by atoms with Crippen molar-refractivity contribution in [3.8, 4) is 0 Å². The number of halogens is 3. The molecule has 0 unspecified atom stereocenters. The zero-order chi connectivity index (χ0) is 21.2. The van der Waals surface area contributed by atoms with Crippen molar-refractivity contribution >= 4 is 11.8 Å². The Bertz CT molecular complexity index is 841. The largest absolute Gasteiger partial charge is 0.463 e. The zero-order valence-corrected chi connectivity index (χ0v) is 15.9. The first-order chi connectivity index (χ1) is 13.7. The van der Waals surface area contributed by atoms with E-state index in [0.29, 0.717) is 13.1 Å². The first-order valence-electron chi connectivity index (χ1n) is 9.44. The van der Waals surface area contributed by atoms with Gasteiger partial charge in [-0.25, -0.2) is 4.79 Å². The fourth-order valence-corrected chi connectivity index (χ4v) is 3.87. The number of allylic oxidation sites excluding steroid dienone is 2. The van der Waals surface area contributed by atoms with Crippen molar-refractivity contribution < 1.29 is 32.6 Å². The summed E-state index contributed by atoms with van der Waals surface area (Å²) in [6, 6.07) is 7.48. The van der Waals surface area contributed by atoms with Crippen LogP contribution in [0.1, 0.15) is 30.1 Å². The molecular weight excluding hydrogens is 387 g/mol. The number of hydrogen-bond donors (Lipinski definition) is 1. The van der Waals surface area contributed by atoms with Gasteiger partial charge in [0, 0.05) is 24.4 Å². The summed E-state index contributed by atoms with van der Waals surface area (Å²) in [6.07, 6.45) is -1.50. The van der Waals surface area contributed by atoms with Gasteiger partial charge in [0.15, 0.2) is 5.78 Å². The highest BCUT2D eigenvalue weighted by Gasteiger charge is 2.67. The fraction of sp³-hybridized carbons (Fsp3) is 0.429. The first-order valence-corrected chi connectivity index (χ1v) is 9.44. The molecule has 1 aliphatic heterocycles. The first kappa shape index (κ1) is 21.1. The van der Waals surface area contributed by atoms with E-state index in [1.165, 1.54) is 37.3 Å². The summed E-state index contributed by atoms with van der Waals surface area (Å²) in [6.45, 7) is 2.23. The van der Waals surface area contributed by atoms with Gasteiger partial charge in [0.1, 0.15) is 5.92 Å². The molecule has 0 aromatic heterocycles. The molecule has 1 saturated heterocycles. The number of esters is 1. The molecule has 156 valence electrons. The van der Waals surface area contributed by atoms with Crippen molar-refractivity contribution in [3.63, 3.8) is 0 Å². The van der Waals surface area contributed by atoms with Gasteiger partial charge in [-0.1, -0.05) is 30.3 Å². The molecule has 1 fully saturated rings. The minimum atomic E-state index is -5.28. The molecule has 0 saturated carbocycles. The second kappa shape index (κ2) is 8.02. The Morgan fingerprint density at radius 2 is 1.79 bits per heavy atom. The van der Waals surface area contributed by atoms with Crippen molar-refractivity contribution in [2.24, 2.45) is 5.92 Å². The predicted octanol–water partition coefficient (Wildman–Crippen LogP) is 3.26. The minimum Gasteiger partial charge on any atom is -0.463 e. The summed E-state index contributed by atoms with van der Waals surface area (Å²) in [5.74, 6) is -4.21. The van der Waals surface area contributed by atoms with Crippen molar-refractivity contribution in [3.05, 3.63) is 59.3 Å². The highest BCUT2D eigenvalue weighted by atomic mass is 19.4. The average Bonchev–Trinajstić information content (AvgIpc) is 3.21. The number of hydrogen-bond acceptors (Lipinski definition) is 5. The molecule has 5 nitrogen and oxygen atoms in total. The maximum Gasteiger partial charge on any atom is 0.422 e. The van der Waals surface area contributed by atoms with Gasteiger partial charge in [-0.3, -0.25) is 4.79 Å². The van der Waals surface area contributed by atoms with E-state index in [9.17, 15) is 27.9 Å². The number of rotatable bonds is 5. The van der Waals surface area contributed by atoms with Crippen LogP contribution in [0.25, 0.3) is 0 Å². The molecule has 1 aromatic rings. The molecule has 8 heteroatoms. The van der Waals surface area contributed by atoms with E-state index in [4.69, 9.17) is 4.74 Å². The van der Waals surface area contributed by atoms with Crippen LogP contribution in [-0.2, 0) is 9.53 Å². The molecule has 1 aliphatic carbocycles. The van der Waals surface area contributed by atoms with E-state index in [1.54, 1.807) is 11.0 Å². The number of carbonyl (C=O) groups excluding carboxylic acids is 2. The van der Waals surface area contributed by atoms with Gasteiger partial charge in [-0.05, 0) is 31.9 Å². The Kier molecular flexibility index (Phi) is 5.84. The Balaban J connectivity index is 2.19. The quantitative estimate of drug-likeness (QED) is 0.597. The van der Waals surface area contributed by atoms with Gasteiger partial charge in [0.05, 0.1) is 12.2 Å². The highest BCUT2D eigenvalue weighted by Crippen LogP contribution is 2.49. The average molecular weight is 409 g/mol. The number of ether oxygens (including phenoxy) is 1. The van der Waals surface area contributed by atoms with Crippen LogP contribution in [0.3, 0.4) is 0 Å². The predicted molar refractivity (Wildman–Crippen MR) is 98.9 cm³/mol. The number of likely N-dealkylation sites (tertiary alicyclic amines) is 1. The smallest absolute Gasteiger partial charge is 0.422 e. The molecule has 1 aromatic carbocycles. The van der Waals surface area contributed by atoms with E-state index in [1.807, 2.05) is 0 Å². The topological polar surface area (TPSA) is 66.8 Å². The normalized spacial score (nSPS) is 24.7.